The molecule has 1 saturated heterocycles. The number of halogens is 4. The number of benzene rings is 3. The summed E-state index contributed by atoms with van der Waals surface area (Å²) in [5.74, 6) is -1.68. The molecule has 3 N–H and O–H groups in total. The first-order valence-electron chi connectivity index (χ1n) is 12.9. The summed E-state index contributed by atoms with van der Waals surface area (Å²) in [5.41, 5.74) is 6.82. The third-order valence-corrected chi connectivity index (χ3v) is 7.10. The van der Waals surface area contributed by atoms with Crippen LogP contribution in [0, 0.1) is 5.82 Å². The normalized spacial score (nSPS) is 14.1. The van der Waals surface area contributed by atoms with Crippen molar-refractivity contribution in [1.82, 2.24) is 19.8 Å². The lowest BCUT2D eigenvalue weighted by molar-refractivity contribution is -0.141. The lowest BCUT2D eigenvalue weighted by Gasteiger charge is -2.18. The Morgan fingerprint density at radius 2 is 1.80 bits per heavy atom. The van der Waals surface area contributed by atoms with Gasteiger partial charge in [-0.05, 0) is 73.0 Å². The fourth-order valence-electron chi connectivity index (χ4n) is 5.05. The SMILES string of the molecule is Nc1noc2ccc(-n3nc(C(F)(F)F)cc3C(=O)Nc3ccc(-c4ccccc4CN4CCCC4)cc3F)cc12. The number of hydrogen-bond acceptors (Lipinski definition) is 6. The van der Waals surface area contributed by atoms with E-state index in [1.165, 1.54) is 30.3 Å². The molecule has 8 nitrogen and oxygen atoms in total. The summed E-state index contributed by atoms with van der Waals surface area (Å²) >= 11 is 0. The maximum absolute atomic E-state index is 15.3. The van der Waals surface area contributed by atoms with Gasteiger partial charge in [0.25, 0.3) is 5.91 Å². The standard InChI is InChI=1S/C29H24F4N6O2/c30-22-13-17(20-6-2-1-5-18(20)16-38-11-3-4-12-38)7-9-23(22)35-28(40)24-15-26(29(31,32)33)36-39(24)19-8-10-25-21(14-19)27(34)37-41-25/h1-2,5-10,13-15H,3-4,11-12,16H2,(H2,34,37)(H,35,40). The molecular formula is C29H24F4N6O2. The maximum Gasteiger partial charge on any atom is 0.435 e. The Bertz CT molecular complexity index is 1750. The number of nitrogens with two attached hydrogens (primary N) is 1. The molecule has 0 atom stereocenters. The fraction of sp³-hybridized carbons (Fsp3) is 0.207. The Kier molecular flexibility index (Phi) is 6.70. The molecule has 1 aliphatic heterocycles. The van der Waals surface area contributed by atoms with Gasteiger partial charge >= 0.3 is 6.18 Å². The van der Waals surface area contributed by atoms with Crippen molar-refractivity contribution in [3.8, 4) is 16.8 Å². The zero-order chi connectivity index (χ0) is 28.7. The van der Waals surface area contributed by atoms with Gasteiger partial charge in [0.1, 0.15) is 11.5 Å². The third kappa shape index (κ3) is 5.25. The van der Waals surface area contributed by atoms with Gasteiger partial charge in [0.05, 0.1) is 16.8 Å². The maximum atomic E-state index is 15.3. The highest BCUT2D eigenvalue weighted by molar-refractivity contribution is 6.04. The first kappa shape index (κ1) is 26.5. The van der Waals surface area contributed by atoms with Crippen molar-refractivity contribution in [3.63, 3.8) is 0 Å². The summed E-state index contributed by atoms with van der Waals surface area (Å²) in [7, 11) is 0. The van der Waals surface area contributed by atoms with Gasteiger partial charge in [0.2, 0.25) is 0 Å². The van der Waals surface area contributed by atoms with Crippen LogP contribution < -0.4 is 11.1 Å². The van der Waals surface area contributed by atoms with E-state index in [-0.39, 0.29) is 17.2 Å². The van der Waals surface area contributed by atoms with Crippen LogP contribution in [0.25, 0.3) is 27.8 Å². The van der Waals surface area contributed by atoms with Gasteiger partial charge in [-0.2, -0.15) is 18.3 Å². The van der Waals surface area contributed by atoms with Gasteiger partial charge in [-0.1, -0.05) is 35.5 Å². The monoisotopic (exact) mass is 564 g/mol. The molecule has 3 aromatic carbocycles. The summed E-state index contributed by atoms with van der Waals surface area (Å²) in [5, 5.41) is 9.96. The molecular weight excluding hydrogens is 540 g/mol. The molecule has 2 aromatic heterocycles. The zero-order valence-electron chi connectivity index (χ0n) is 21.6. The van der Waals surface area contributed by atoms with Crippen LogP contribution >= 0.6 is 0 Å². The lowest BCUT2D eigenvalue weighted by Crippen LogP contribution is -2.19. The van der Waals surface area contributed by atoms with Gasteiger partial charge in [-0.15, -0.1) is 0 Å². The molecule has 0 spiro atoms. The van der Waals surface area contributed by atoms with E-state index in [9.17, 15) is 18.0 Å². The summed E-state index contributed by atoms with van der Waals surface area (Å²) in [6.45, 7) is 2.77. The van der Waals surface area contributed by atoms with E-state index in [2.05, 4.69) is 20.5 Å². The molecule has 12 heteroatoms. The Hall–Kier alpha value is -4.71. The smallest absolute Gasteiger partial charge is 0.380 e. The van der Waals surface area contributed by atoms with E-state index in [4.69, 9.17) is 10.3 Å². The van der Waals surface area contributed by atoms with Crippen molar-refractivity contribution in [1.29, 1.82) is 0 Å². The average molecular weight is 565 g/mol. The molecule has 6 rings (SSSR count). The predicted octanol–water partition coefficient (Wildman–Crippen LogP) is 6.27. The number of likely N-dealkylation sites (tertiary alicyclic amines) is 1. The Labute approximate surface area is 231 Å². The topological polar surface area (TPSA) is 102 Å². The van der Waals surface area contributed by atoms with E-state index >= 15 is 4.39 Å². The van der Waals surface area contributed by atoms with Crippen LogP contribution in [0.5, 0.6) is 0 Å². The Morgan fingerprint density at radius 1 is 1.02 bits per heavy atom. The van der Waals surface area contributed by atoms with Crippen LogP contribution in [0.2, 0.25) is 0 Å². The largest absolute Gasteiger partial charge is 0.435 e. The molecule has 0 saturated carbocycles. The number of carbonyl (C=O) groups is 1. The van der Waals surface area contributed by atoms with Crippen LogP contribution in [0.1, 0.15) is 34.6 Å². The third-order valence-electron chi connectivity index (χ3n) is 7.10. The molecule has 1 amide bonds. The predicted molar refractivity (Wildman–Crippen MR) is 145 cm³/mol. The van der Waals surface area contributed by atoms with Crippen molar-refractivity contribution in [2.75, 3.05) is 24.1 Å². The highest BCUT2D eigenvalue weighted by Crippen LogP contribution is 2.32. The number of fused-ring (bicyclic) bond motifs is 1. The van der Waals surface area contributed by atoms with Gasteiger partial charge in [-0.25, -0.2) is 9.07 Å². The van der Waals surface area contributed by atoms with Gasteiger partial charge in [-0.3, -0.25) is 9.69 Å². The van der Waals surface area contributed by atoms with E-state index in [1.54, 1.807) is 6.07 Å². The second-order valence-electron chi connectivity index (χ2n) is 9.86. The lowest BCUT2D eigenvalue weighted by atomic mass is 9.99. The first-order chi connectivity index (χ1) is 19.7. The Morgan fingerprint density at radius 3 is 2.56 bits per heavy atom. The number of amides is 1. The number of nitrogen functional groups attached to an aromatic ring is 1. The molecule has 210 valence electrons. The first-order valence-corrected chi connectivity index (χ1v) is 12.9. The summed E-state index contributed by atoms with van der Waals surface area (Å²) < 4.78 is 61.9. The minimum atomic E-state index is -4.82. The molecule has 41 heavy (non-hydrogen) atoms. The van der Waals surface area contributed by atoms with Gasteiger partial charge in [0.15, 0.2) is 17.1 Å². The number of alkyl halides is 3. The number of carbonyl (C=O) groups excluding carboxylic acids is 1. The van der Waals surface area contributed by atoms with E-state index in [0.29, 0.717) is 22.6 Å². The van der Waals surface area contributed by atoms with E-state index < -0.39 is 29.3 Å². The highest BCUT2D eigenvalue weighted by atomic mass is 19.4. The molecule has 0 bridgehead atoms. The van der Waals surface area contributed by atoms with Crippen LogP contribution in [0.3, 0.4) is 0 Å². The number of aromatic nitrogens is 3. The minimum absolute atomic E-state index is 0.0280. The molecule has 1 aliphatic rings. The number of nitrogens with one attached hydrogen (secondary N) is 1. The fourth-order valence-corrected chi connectivity index (χ4v) is 5.05. The van der Waals surface area contributed by atoms with Gasteiger partial charge in [0, 0.05) is 12.6 Å². The van der Waals surface area contributed by atoms with Crippen LogP contribution in [-0.2, 0) is 12.7 Å². The van der Waals surface area contributed by atoms with Crippen molar-refractivity contribution >= 4 is 28.4 Å². The minimum Gasteiger partial charge on any atom is -0.380 e. The van der Waals surface area contributed by atoms with Crippen molar-refractivity contribution in [2.24, 2.45) is 0 Å². The van der Waals surface area contributed by atoms with Gasteiger partial charge < -0.3 is 15.6 Å². The number of hydrogen-bond donors (Lipinski definition) is 2. The average Bonchev–Trinajstić information content (AvgIpc) is 3.70. The van der Waals surface area contributed by atoms with Crippen molar-refractivity contribution in [2.45, 2.75) is 25.6 Å². The number of nitrogens with zero attached hydrogens (tertiary/aromatic N) is 4. The quantitative estimate of drug-likeness (QED) is 0.236. The summed E-state index contributed by atoms with van der Waals surface area (Å²) in [6, 6.07) is 17.0. The second-order valence-corrected chi connectivity index (χ2v) is 9.86. The van der Waals surface area contributed by atoms with E-state index in [1.807, 2.05) is 24.3 Å². The Balaban J connectivity index is 1.30. The van der Waals surface area contributed by atoms with Crippen LogP contribution in [0.4, 0.5) is 29.1 Å². The number of rotatable bonds is 6. The van der Waals surface area contributed by atoms with E-state index in [0.717, 1.165) is 48.3 Å². The van der Waals surface area contributed by atoms with Crippen LogP contribution in [0.15, 0.2) is 71.3 Å². The van der Waals surface area contributed by atoms with Crippen LogP contribution in [-0.4, -0.2) is 38.8 Å². The highest BCUT2D eigenvalue weighted by Gasteiger charge is 2.36. The van der Waals surface area contributed by atoms with Crippen molar-refractivity contribution < 1.29 is 26.9 Å². The zero-order valence-corrected chi connectivity index (χ0v) is 21.6. The molecule has 3 heterocycles. The summed E-state index contributed by atoms with van der Waals surface area (Å²) in [4.78, 5) is 15.6. The number of anilines is 2. The molecule has 0 radical (unpaired) electrons. The summed E-state index contributed by atoms with van der Waals surface area (Å²) in [6.07, 6.45) is -2.52. The molecule has 1 fully saturated rings. The second kappa shape index (κ2) is 10.4. The molecule has 0 unspecified atom stereocenters. The molecule has 5 aromatic rings. The molecule has 0 aliphatic carbocycles. The van der Waals surface area contributed by atoms with Crippen molar-refractivity contribution in [3.05, 3.63) is 89.5 Å².